The summed E-state index contributed by atoms with van der Waals surface area (Å²) in [7, 11) is 0. The summed E-state index contributed by atoms with van der Waals surface area (Å²) < 4.78 is 0. The molecule has 0 atom stereocenters. The van der Waals surface area contributed by atoms with Crippen molar-refractivity contribution in [2.75, 3.05) is 11.9 Å². The highest BCUT2D eigenvalue weighted by Crippen LogP contribution is 2.00. The summed E-state index contributed by atoms with van der Waals surface area (Å²) >= 11 is 0. The average Bonchev–Trinajstić information content (AvgIpc) is 2.29. The van der Waals surface area contributed by atoms with Crippen molar-refractivity contribution in [3.05, 3.63) is 18.0 Å². The van der Waals surface area contributed by atoms with Gasteiger partial charge in [0.15, 0.2) is 0 Å². The molecule has 0 unspecified atom stereocenters. The summed E-state index contributed by atoms with van der Waals surface area (Å²) in [6.45, 7) is 0.774. The van der Waals surface area contributed by atoms with Gasteiger partial charge in [-0.3, -0.25) is 0 Å². The smallest absolute Gasteiger partial charge is 0.223 e. The Morgan fingerprint density at radius 3 is 3.07 bits per heavy atom. The number of aromatic nitrogens is 2. The van der Waals surface area contributed by atoms with E-state index in [-0.39, 0.29) is 0 Å². The maximum Gasteiger partial charge on any atom is 0.223 e. The second-order valence-electron chi connectivity index (χ2n) is 2.97. The molecular weight excluding hydrogens is 188 g/mol. The molecule has 0 radical (unpaired) electrons. The van der Waals surface area contributed by atoms with Crippen LogP contribution in [0.3, 0.4) is 0 Å². The number of anilines is 1. The Hall–Kier alpha value is -2.07. The highest BCUT2D eigenvalue weighted by atomic mass is 15.1. The summed E-state index contributed by atoms with van der Waals surface area (Å²) in [5.41, 5.74) is 0.371. The minimum Gasteiger partial charge on any atom is -0.354 e. The molecule has 1 N–H and O–H groups in total. The first-order chi connectivity index (χ1) is 7.36. The monoisotopic (exact) mass is 200 g/mol. The molecule has 4 heteroatoms. The minimum absolute atomic E-state index is 0.371. The van der Waals surface area contributed by atoms with Gasteiger partial charge in [0.1, 0.15) is 11.8 Å². The second kappa shape index (κ2) is 6.39. The number of rotatable bonds is 5. The molecule has 1 aromatic heterocycles. The van der Waals surface area contributed by atoms with Crippen molar-refractivity contribution in [3.8, 4) is 18.4 Å². The molecule has 0 saturated carbocycles. The normalized spacial score (nSPS) is 8.93. The second-order valence-corrected chi connectivity index (χ2v) is 2.97. The van der Waals surface area contributed by atoms with Crippen LogP contribution in [0.25, 0.3) is 0 Å². The van der Waals surface area contributed by atoms with Gasteiger partial charge in [0.05, 0.1) is 0 Å². The zero-order valence-corrected chi connectivity index (χ0v) is 8.40. The van der Waals surface area contributed by atoms with Crippen molar-refractivity contribution in [2.24, 2.45) is 0 Å². The van der Waals surface area contributed by atoms with Gasteiger partial charge in [0.25, 0.3) is 0 Å². The van der Waals surface area contributed by atoms with Crippen molar-refractivity contribution >= 4 is 5.95 Å². The third-order valence-corrected chi connectivity index (χ3v) is 1.80. The zero-order valence-electron chi connectivity index (χ0n) is 8.40. The molecule has 0 aliphatic rings. The predicted molar refractivity (Wildman–Crippen MR) is 57.9 cm³/mol. The van der Waals surface area contributed by atoms with E-state index in [4.69, 9.17) is 11.7 Å². The molecular formula is C11H12N4. The van der Waals surface area contributed by atoms with Crippen LogP contribution < -0.4 is 5.32 Å². The molecule has 76 valence electrons. The third kappa shape index (κ3) is 4.10. The molecule has 0 spiro atoms. The van der Waals surface area contributed by atoms with Crippen LogP contribution in [-0.4, -0.2) is 16.5 Å². The first kappa shape index (κ1) is 11.0. The number of nitrogens with one attached hydrogen (secondary N) is 1. The SMILES string of the molecule is C#CCCCCNc1nccc(C#N)n1. The summed E-state index contributed by atoms with van der Waals surface area (Å²) in [4.78, 5) is 7.98. The van der Waals surface area contributed by atoms with Crippen LogP contribution in [0, 0.1) is 23.7 Å². The summed E-state index contributed by atoms with van der Waals surface area (Å²) in [5.74, 6) is 3.08. The van der Waals surface area contributed by atoms with Gasteiger partial charge in [-0.25, -0.2) is 9.97 Å². The van der Waals surface area contributed by atoms with Crippen LogP contribution in [-0.2, 0) is 0 Å². The molecule has 0 amide bonds. The maximum absolute atomic E-state index is 8.61. The Morgan fingerprint density at radius 2 is 2.33 bits per heavy atom. The van der Waals surface area contributed by atoms with Gasteiger partial charge >= 0.3 is 0 Å². The molecule has 0 fully saturated rings. The van der Waals surface area contributed by atoms with Crippen LogP contribution in [0.2, 0.25) is 0 Å². The van der Waals surface area contributed by atoms with Crippen molar-refractivity contribution < 1.29 is 0 Å². The molecule has 1 aromatic rings. The lowest BCUT2D eigenvalue weighted by atomic mass is 10.2. The minimum atomic E-state index is 0.371. The van der Waals surface area contributed by atoms with Crippen LogP contribution in [0.4, 0.5) is 5.95 Å². The van der Waals surface area contributed by atoms with E-state index in [1.165, 1.54) is 0 Å². The quantitative estimate of drug-likeness (QED) is 0.578. The largest absolute Gasteiger partial charge is 0.354 e. The summed E-state index contributed by atoms with van der Waals surface area (Å²) in [6.07, 6.45) is 9.45. The zero-order chi connectivity index (χ0) is 10.9. The number of nitriles is 1. The van der Waals surface area contributed by atoms with E-state index in [2.05, 4.69) is 21.2 Å². The van der Waals surface area contributed by atoms with E-state index in [1.807, 2.05) is 6.07 Å². The summed E-state index contributed by atoms with van der Waals surface area (Å²) in [5, 5.41) is 11.6. The molecule has 1 rings (SSSR count). The fraction of sp³-hybridized carbons (Fsp3) is 0.364. The van der Waals surface area contributed by atoms with Crippen LogP contribution in [0.15, 0.2) is 12.3 Å². The maximum atomic E-state index is 8.61. The highest BCUT2D eigenvalue weighted by Gasteiger charge is 1.96. The molecule has 0 aromatic carbocycles. The Morgan fingerprint density at radius 1 is 1.47 bits per heavy atom. The number of unbranched alkanes of at least 4 members (excludes halogenated alkanes) is 2. The Bertz CT molecular complexity index is 386. The fourth-order valence-electron chi connectivity index (χ4n) is 1.06. The van der Waals surface area contributed by atoms with Crippen molar-refractivity contribution in [1.29, 1.82) is 5.26 Å². The van der Waals surface area contributed by atoms with Crippen LogP contribution in [0.5, 0.6) is 0 Å². The fourth-order valence-corrected chi connectivity index (χ4v) is 1.06. The Kier molecular flexibility index (Phi) is 4.69. The van der Waals surface area contributed by atoms with Crippen molar-refractivity contribution in [3.63, 3.8) is 0 Å². The number of terminal acetylenes is 1. The van der Waals surface area contributed by atoms with Crippen molar-refractivity contribution in [2.45, 2.75) is 19.3 Å². The highest BCUT2D eigenvalue weighted by molar-refractivity contribution is 5.29. The molecule has 0 bridgehead atoms. The lowest BCUT2D eigenvalue weighted by Crippen LogP contribution is -2.05. The van der Waals surface area contributed by atoms with Gasteiger partial charge in [-0.15, -0.1) is 12.3 Å². The molecule has 15 heavy (non-hydrogen) atoms. The van der Waals surface area contributed by atoms with Crippen LogP contribution >= 0.6 is 0 Å². The van der Waals surface area contributed by atoms with E-state index in [9.17, 15) is 0 Å². The number of nitrogens with zero attached hydrogens (tertiary/aromatic N) is 3. The van der Waals surface area contributed by atoms with E-state index in [0.29, 0.717) is 11.6 Å². The first-order valence-electron chi connectivity index (χ1n) is 4.77. The third-order valence-electron chi connectivity index (χ3n) is 1.80. The van der Waals surface area contributed by atoms with E-state index in [0.717, 1.165) is 25.8 Å². The van der Waals surface area contributed by atoms with Gasteiger partial charge in [-0.05, 0) is 18.9 Å². The lowest BCUT2D eigenvalue weighted by Gasteiger charge is -2.02. The standard InChI is InChI=1S/C11H12N4/c1-2-3-4-5-7-13-11-14-8-6-10(9-12)15-11/h1,6,8H,3-5,7H2,(H,13,14,15). The lowest BCUT2D eigenvalue weighted by molar-refractivity contribution is 0.784. The Labute approximate surface area is 89.4 Å². The van der Waals surface area contributed by atoms with E-state index < -0.39 is 0 Å². The van der Waals surface area contributed by atoms with E-state index >= 15 is 0 Å². The molecule has 0 aliphatic heterocycles. The van der Waals surface area contributed by atoms with Gasteiger partial charge in [-0.1, -0.05) is 0 Å². The van der Waals surface area contributed by atoms with Gasteiger partial charge < -0.3 is 5.32 Å². The number of hydrogen-bond donors (Lipinski definition) is 1. The van der Waals surface area contributed by atoms with Gasteiger partial charge in [0.2, 0.25) is 5.95 Å². The predicted octanol–water partition coefficient (Wildman–Crippen LogP) is 1.56. The Balaban J connectivity index is 2.32. The molecule has 4 nitrogen and oxygen atoms in total. The van der Waals surface area contributed by atoms with Gasteiger partial charge in [0, 0.05) is 19.2 Å². The topological polar surface area (TPSA) is 61.6 Å². The van der Waals surface area contributed by atoms with E-state index in [1.54, 1.807) is 12.3 Å². The first-order valence-corrected chi connectivity index (χ1v) is 4.77. The van der Waals surface area contributed by atoms with Crippen molar-refractivity contribution in [1.82, 2.24) is 9.97 Å². The summed E-state index contributed by atoms with van der Waals surface area (Å²) in [6, 6.07) is 3.53. The number of hydrogen-bond acceptors (Lipinski definition) is 4. The van der Waals surface area contributed by atoms with Crippen LogP contribution in [0.1, 0.15) is 25.0 Å². The molecule has 1 heterocycles. The molecule has 0 saturated heterocycles. The molecule has 0 aliphatic carbocycles. The average molecular weight is 200 g/mol. The van der Waals surface area contributed by atoms with Gasteiger partial charge in [-0.2, -0.15) is 5.26 Å².